The Morgan fingerprint density at radius 2 is 2.00 bits per heavy atom. The topological polar surface area (TPSA) is 97.4 Å². The Bertz CT molecular complexity index is 688. The van der Waals surface area contributed by atoms with E-state index in [1.54, 1.807) is 19.1 Å². The summed E-state index contributed by atoms with van der Waals surface area (Å²) in [5.41, 5.74) is 0.698. The maximum Gasteiger partial charge on any atom is 0.274 e. The summed E-state index contributed by atoms with van der Waals surface area (Å²) >= 11 is 0. The highest BCUT2D eigenvalue weighted by Crippen LogP contribution is 2.14. The second-order valence-electron chi connectivity index (χ2n) is 5.02. The lowest BCUT2D eigenvalue weighted by Crippen LogP contribution is -2.23. The van der Waals surface area contributed by atoms with Crippen molar-refractivity contribution in [2.45, 2.75) is 45.0 Å². The molecule has 0 fully saturated rings. The van der Waals surface area contributed by atoms with Crippen molar-refractivity contribution >= 4 is 10.0 Å². The van der Waals surface area contributed by atoms with Gasteiger partial charge in [-0.15, -0.1) is 0 Å². The molecule has 116 valence electrons. The Labute approximate surface area is 123 Å². The number of nitrogens with one attached hydrogen (secondary N) is 2. The van der Waals surface area contributed by atoms with Crippen LogP contribution < -0.4 is 10.0 Å². The van der Waals surface area contributed by atoms with Crippen LogP contribution in [-0.2, 0) is 23.1 Å². The van der Waals surface area contributed by atoms with Gasteiger partial charge in [0.2, 0.25) is 5.09 Å². The predicted molar refractivity (Wildman–Crippen MR) is 75.9 cm³/mol. The number of nitrogens with zero attached hydrogens (tertiary/aromatic N) is 1. The molecule has 0 aliphatic rings. The van der Waals surface area contributed by atoms with E-state index in [-0.39, 0.29) is 11.6 Å². The third-order valence-electron chi connectivity index (χ3n) is 2.70. The van der Waals surface area contributed by atoms with Crippen molar-refractivity contribution in [2.75, 3.05) is 0 Å². The van der Waals surface area contributed by atoms with E-state index in [0.29, 0.717) is 29.8 Å². The number of furan rings is 1. The van der Waals surface area contributed by atoms with Crippen LogP contribution in [0.25, 0.3) is 0 Å². The number of hydrogen-bond acceptors (Lipinski definition) is 6. The maximum atomic E-state index is 12.1. The van der Waals surface area contributed by atoms with Gasteiger partial charge in [-0.2, -0.15) is 0 Å². The quantitative estimate of drug-likeness (QED) is 0.805. The van der Waals surface area contributed by atoms with E-state index >= 15 is 0 Å². The number of hydrogen-bond donors (Lipinski definition) is 2. The zero-order chi connectivity index (χ0) is 15.5. The third-order valence-corrected chi connectivity index (χ3v) is 3.97. The molecule has 8 heteroatoms. The lowest BCUT2D eigenvalue weighted by atomic mass is 10.3. The molecule has 0 aliphatic carbocycles. The molecular weight excluding hydrogens is 294 g/mol. The van der Waals surface area contributed by atoms with Gasteiger partial charge in [-0.05, 0) is 19.1 Å². The van der Waals surface area contributed by atoms with Gasteiger partial charge in [0.1, 0.15) is 5.76 Å². The molecule has 2 rings (SSSR count). The summed E-state index contributed by atoms with van der Waals surface area (Å²) < 4.78 is 36.8. The average molecular weight is 313 g/mol. The second-order valence-corrected chi connectivity index (χ2v) is 6.71. The van der Waals surface area contributed by atoms with Crippen molar-refractivity contribution in [3.63, 3.8) is 0 Å². The molecule has 0 radical (unpaired) electrons. The normalized spacial score (nSPS) is 12.2. The highest BCUT2D eigenvalue weighted by Gasteiger charge is 2.19. The van der Waals surface area contributed by atoms with Crippen LogP contribution in [0.15, 0.2) is 32.2 Å². The summed E-state index contributed by atoms with van der Waals surface area (Å²) in [6, 6.07) is 5.04. The molecule has 0 amide bonds. The van der Waals surface area contributed by atoms with Crippen LogP contribution in [0.4, 0.5) is 0 Å². The van der Waals surface area contributed by atoms with Gasteiger partial charge < -0.3 is 14.3 Å². The minimum Gasteiger partial charge on any atom is -0.447 e. The molecule has 2 aromatic heterocycles. The fourth-order valence-electron chi connectivity index (χ4n) is 1.64. The molecular formula is C13H19N3O4S. The molecule has 21 heavy (non-hydrogen) atoms. The van der Waals surface area contributed by atoms with Gasteiger partial charge in [-0.1, -0.05) is 19.0 Å². The smallest absolute Gasteiger partial charge is 0.274 e. The van der Waals surface area contributed by atoms with Crippen LogP contribution in [0.2, 0.25) is 0 Å². The molecule has 0 saturated heterocycles. The lowest BCUT2D eigenvalue weighted by Gasteiger charge is -2.05. The molecule has 7 nitrogen and oxygen atoms in total. The summed E-state index contributed by atoms with van der Waals surface area (Å²) in [5, 5.41) is 6.74. The van der Waals surface area contributed by atoms with Gasteiger partial charge >= 0.3 is 0 Å². The fraction of sp³-hybridized carbons (Fsp3) is 0.462. The van der Waals surface area contributed by atoms with Crippen LogP contribution in [0.3, 0.4) is 0 Å². The Hall–Kier alpha value is -1.64. The lowest BCUT2D eigenvalue weighted by molar-refractivity contribution is 0.373. The van der Waals surface area contributed by atoms with E-state index in [0.717, 1.165) is 0 Å². The molecule has 0 aromatic carbocycles. The first kappa shape index (κ1) is 15.7. The maximum absolute atomic E-state index is 12.1. The SMILES string of the molecule is Cc1cc(CNS(=O)(=O)c2ccc(CNC(C)C)o2)on1. The molecule has 0 aliphatic heterocycles. The van der Waals surface area contributed by atoms with Crippen molar-refractivity contribution < 1.29 is 17.4 Å². The Morgan fingerprint density at radius 3 is 2.62 bits per heavy atom. The van der Waals surface area contributed by atoms with Gasteiger partial charge in [-0.3, -0.25) is 0 Å². The van der Waals surface area contributed by atoms with Crippen molar-refractivity contribution in [3.05, 3.63) is 35.4 Å². The fourth-order valence-corrected chi connectivity index (χ4v) is 2.58. The highest BCUT2D eigenvalue weighted by atomic mass is 32.2. The summed E-state index contributed by atoms with van der Waals surface area (Å²) in [6.45, 7) is 6.28. The van der Waals surface area contributed by atoms with Crippen LogP contribution in [0, 0.1) is 6.92 Å². The summed E-state index contributed by atoms with van der Waals surface area (Å²) in [6.07, 6.45) is 0. The van der Waals surface area contributed by atoms with E-state index in [1.807, 2.05) is 13.8 Å². The standard InChI is InChI=1S/C13H19N3O4S/c1-9(2)14-7-11-4-5-13(19-11)21(17,18)15-8-12-6-10(3)16-20-12/h4-6,9,14-15H,7-8H2,1-3H3. The summed E-state index contributed by atoms with van der Waals surface area (Å²) in [7, 11) is -3.70. The van der Waals surface area contributed by atoms with Gasteiger partial charge in [-0.25, -0.2) is 13.1 Å². The first-order valence-corrected chi connectivity index (χ1v) is 8.09. The average Bonchev–Trinajstić information content (AvgIpc) is 3.03. The van der Waals surface area contributed by atoms with E-state index in [9.17, 15) is 8.42 Å². The van der Waals surface area contributed by atoms with Gasteiger partial charge in [0.15, 0.2) is 5.76 Å². The highest BCUT2D eigenvalue weighted by molar-refractivity contribution is 7.89. The first-order valence-electron chi connectivity index (χ1n) is 6.61. The largest absolute Gasteiger partial charge is 0.447 e. The van der Waals surface area contributed by atoms with E-state index in [2.05, 4.69) is 15.2 Å². The van der Waals surface area contributed by atoms with Gasteiger partial charge in [0, 0.05) is 12.1 Å². The molecule has 0 bridgehead atoms. The molecule has 2 heterocycles. The van der Waals surface area contributed by atoms with Crippen LogP contribution in [-0.4, -0.2) is 19.6 Å². The van der Waals surface area contributed by atoms with Crippen molar-refractivity contribution in [1.82, 2.24) is 15.2 Å². The zero-order valence-electron chi connectivity index (χ0n) is 12.2. The van der Waals surface area contributed by atoms with Gasteiger partial charge in [0.25, 0.3) is 10.0 Å². The zero-order valence-corrected chi connectivity index (χ0v) is 13.0. The summed E-state index contributed by atoms with van der Waals surface area (Å²) in [4.78, 5) is 0. The molecule has 2 aromatic rings. The number of aryl methyl sites for hydroxylation is 1. The number of aromatic nitrogens is 1. The minimum absolute atomic E-state index is 0.0312. The van der Waals surface area contributed by atoms with Crippen LogP contribution in [0.5, 0.6) is 0 Å². The van der Waals surface area contributed by atoms with E-state index in [4.69, 9.17) is 8.94 Å². The van der Waals surface area contributed by atoms with Crippen molar-refractivity contribution in [1.29, 1.82) is 0 Å². The monoisotopic (exact) mass is 313 g/mol. The molecule has 0 unspecified atom stereocenters. The molecule has 2 N–H and O–H groups in total. The van der Waals surface area contributed by atoms with Crippen LogP contribution in [0.1, 0.15) is 31.1 Å². The second kappa shape index (κ2) is 6.42. The van der Waals surface area contributed by atoms with Crippen molar-refractivity contribution in [3.8, 4) is 0 Å². The minimum atomic E-state index is -3.70. The van der Waals surface area contributed by atoms with Crippen LogP contribution >= 0.6 is 0 Å². The Balaban J connectivity index is 1.99. The van der Waals surface area contributed by atoms with Crippen molar-refractivity contribution in [2.24, 2.45) is 0 Å². The molecule has 0 atom stereocenters. The predicted octanol–water partition coefficient (Wildman–Crippen LogP) is 1.55. The Kier molecular flexibility index (Phi) is 4.81. The van der Waals surface area contributed by atoms with E-state index < -0.39 is 10.0 Å². The first-order chi connectivity index (χ1) is 9.87. The third kappa shape index (κ3) is 4.42. The summed E-state index contributed by atoms with van der Waals surface area (Å²) in [5.74, 6) is 1.02. The Morgan fingerprint density at radius 1 is 1.24 bits per heavy atom. The van der Waals surface area contributed by atoms with Gasteiger partial charge in [0.05, 0.1) is 18.8 Å². The number of sulfonamides is 1. The molecule has 0 saturated carbocycles. The molecule has 0 spiro atoms. The van der Waals surface area contributed by atoms with E-state index in [1.165, 1.54) is 6.07 Å². The number of rotatable bonds is 7.